The van der Waals surface area contributed by atoms with E-state index in [9.17, 15) is 14.1 Å². The van der Waals surface area contributed by atoms with Crippen molar-refractivity contribution >= 4 is 39.9 Å². The van der Waals surface area contributed by atoms with E-state index in [0.717, 1.165) is 9.87 Å². The van der Waals surface area contributed by atoms with E-state index in [1.807, 2.05) is 30.3 Å². The van der Waals surface area contributed by atoms with E-state index in [1.165, 1.54) is 6.07 Å². The highest BCUT2D eigenvalue weighted by molar-refractivity contribution is 7.92. The fourth-order valence-electron chi connectivity index (χ4n) is 3.51. The van der Waals surface area contributed by atoms with Crippen LogP contribution in [0, 0.1) is 5.82 Å². The third kappa shape index (κ3) is 5.95. The zero-order valence-corrected chi connectivity index (χ0v) is 20.3. The van der Waals surface area contributed by atoms with Crippen LogP contribution in [-0.2, 0) is 32.5 Å². The number of amides is 1. The Kier molecular flexibility index (Phi) is 7.04. The third-order valence-corrected chi connectivity index (χ3v) is 6.06. The van der Waals surface area contributed by atoms with Gasteiger partial charge in [-0.05, 0) is 49.9 Å². The highest BCUT2D eigenvalue weighted by atomic mass is 32.2. The second-order valence-electron chi connectivity index (χ2n) is 8.88. The van der Waals surface area contributed by atoms with Crippen molar-refractivity contribution in [2.75, 3.05) is 17.5 Å². The van der Waals surface area contributed by atoms with E-state index in [4.69, 9.17) is 14.2 Å². The van der Waals surface area contributed by atoms with Gasteiger partial charge in [0, 0.05) is 5.39 Å². The number of carbonyl (C=O) groups excluding carboxylic acids is 2. The number of hydrogen-bond acceptors (Lipinski definition) is 7. The molecule has 1 heterocycles. The predicted molar refractivity (Wildman–Crippen MR) is 130 cm³/mol. The molecule has 1 N–H and O–H groups in total. The topological polar surface area (TPSA) is 100 Å². The van der Waals surface area contributed by atoms with Gasteiger partial charge in [-0.15, -0.1) is 4.72 Å². The highest BCUT2D eigenvalue weighted by Gasteiger charge is 2.38. The van der Waals surface area contributed by atoms with Gasteiger partial charge in [0.05, 0.1) is 0 Å². The van der Waals surface area contributed by atoms with Crippen molar-refractivity contribution in [2.24, 2.45) is 0 Å². The molecule has 3 aromatic rings. The Labute approximate surface area is 205 Å². The molecular weight excluding hydrogens is 475 g/mol. The van der Waals surface area contributed by atoms with Crippen LogP contribution in [0.4, 0.5) is 10.1 Å². The van der Waals surface area contributed by atoms with Crippen LogP contribution >= 0.6 is 0 Å². The summed E-state index contributed by atoms with van der Waals surface area (Å²) in [5.74, 6) is -1.38. The van der Waals surface area contributed by atoms with E-state index in [2.05, 4.69) is 4.72 Å². The molecule has 0 bridgehead atoms. The molecule has 1 amide bonds. The lowest BCUT2D eigenvalue weighted by molar-refractivity contribution is -0.157. The maximum Gasteiger partial charge on any atom is 0.344 e. The van der Waals surface area contributed by atoms with Gasteiger partial charge < -0.3 is 18.8 Å². The Morgan fingerprint density at radius 1 is 1.14 bits per heavy atom. The van der Waals surface area contributed by atoms with E-state index < -0.39 is 34.8 Å². The summed E-state index contributed by atoms with van der Waals surface area (Å²) < 4.78 is 48.4. The summed E-state index contributed by atoms with van der Waals surface area (Å²) >= 11 is -1.96. The van der Waals surface area contributed by atoms with Crippen LogP contribution in [0.1, 0.15) is 26.3 Å². The van der Waals surface area contributed by atoms with Crippen LogP contribution in [0.2, 0.25) is 0 Å². The molecule has 1 fully saturated rings. The van der Waals surface area contributed by atoms with Gasteiger partial charge in [0.15, 0.2) is 42.0 Å². The number of benzene rings is 3. The molecule has 1 unspecified atom stereocenters. The summed E-state index contributed by atoms with van der Waals surface area (Å²) in [6.45, 7) is 4.76. The minimum atomic E-state index is -1.96. The van der Waals surface area contributed by atoms with Crippen molar-refractivity contribution in [3.05, 3.63) is 66.0 Å². The lowest BCUT2D eigenvalue weighted by atomic mass is 10.1. The highest BCUT2D eigenvalue weighted by Crippen LogP contribution is 2.40. The van der Waals surface area contributed by atoms with Crippen LogP contribution in [0.25, 0.3) is 10.8 Å². The van der Waals surface area contributed by atoms with Crippen LogP contribution < -0.4 is 18.5 Å². The summed E-state index contributed by atoms with van der Waals surface area (Å²) in [5.41, 5.74) is 0.105. The number of esters is 1. The molecule has 184 valence electrons. The molecule has 0 aliphatic carbocycles. The lowest BCUT2D eigenvalue weighted by Crippen LogP contribution is -2.30. The van der Waals surface area contributed by atoms with E-state index in [0.29, 0.717) is 5.39 Å². The molecule has 0 saturated carbocycles. The SMILES string of the molecule is CC(C)(C)OC(=O)COc1ccc2cc(OCc3ccccc3)c(N3CC(=O)N[S+]3[O-])c(F)c2c1. The zero-order chi connectivity index (χ0) is 25.2. The first kappa shape index (κ1) is 24.6. The number of carbonyl (C=O) groups is 2. The molecule has 3 aromatic carbocycles. The molecule has 1 aliphatic rings. The largest absolute Gasteiger partial charge is 0.568 e. The van der Waals surface area contributed by atoms with Crippen molar-refractivity contribution in [1.29, 1.82) is 0 Å². The van der Waals surface area contributed by atoms with Gasteiger partial charge in [-0.2, -0.15) is 4.31 Å². The number of hydrogen-bond donors (Lipinski definition) is 1. The molecule has 1 aliphatic heterocycles. The smallest absolute Gasteiger partial charge is 0.344 e. The molecule has 0 spiro atoms. The molecular formula is C25H25FN2O6S. The molecule has 35 heavy (non-hydrogen) atoms. The fourth-order valence-corrected chi connectivity index (χ4v) is 4.45. The number of nitrogens with zero attached hydrogens (tertiary/aromatic N) is 1. The van der Waals surface area contributed by atoms with E-state index in [-0.39, 0.29) is 42.3 Å². The van der Waals surface area contributed by atoms with Crippen LogP contribution in [0.15, 0.2) is 54.6 Å². The van der Waals surface area contributed by atoms with Gasteiger partial charge >= 0.3 is 5.97 Å². The first-order valence-corrected chi connectivity index (χ1v) is 12.0. The van der Waals surface area contributed by atoms with Crippen molar-refractivity contribution in [3.63, 3.8) is 0 Å². The van der Waals surface area contributed by atoms with E-state index in [1.54, 1.807) is 39.0 Å². The normalized spacial score (nSPS) is 15.7. The second-order valence-corrected chi connectivity index (χ2v) is 10.0. The van der Waals surface area contributed by atoms with Gasteiger partial charge in [-0.3, -0.25) is 4.79 Å². The number of nitrogens with one attached hydrogen (secondary N) is 1. The Balaban J connectivity index is 1.66. The zero-order valence-electron chi connectivity index (χ0n) is 19.5. The number of anilines is 1. The Bertz CT molecular complexity index is 1250. The minimum absolute atomic E-state index is 0.102. The summed E-state index contributed by atoms with van der Waals surface area (Å²) in [4.78, 5) is 23.8. The maximum absolute atomic E-state index is 15.9. The molecule has 1 saturated heterocycles. The quantitative estimate of drug-likeness (QED) is 0.389. The fraction of sp³-hybridized carbons (Fsp3) is 0.280. The first-order valence-electron chi connectivity index (χ1n) is 10.9. The molecule has 10 heteroatoms. The lowest BCUT2D eigenvalue weighted by Gasteiger charge is -2.21. The van der Waals surface area contributed by atoms with Crippen molar-refractivity contribution in [3.8, 4) is 11.5 Å². The molecule has 4 rings (SSSR count). The average Bonchev–Trinajstić information content (AvgIpc) is 3.13. The van der Waals surface area contributed by atoms with Gasteiger partial charge in [0.1, 0.15) is 18.0 Å². The van der Waals surface area contributed by atoms with Crippen molar-refractivity contribution < 1.29 is 32.7 Å². The number of ether oxygens (including phenoxy) is 3. The summed E-state index contributed by atoms with van der Waals surface area (Å²) in [6, 6.07) is 15.6. The van der Waals surface area contributed by atoms with Gasteiger partial charge in [-0.1, -0.05) is 36.4 Å². The monoisotopic (exact) mass is 500 g/mol. The Hall–Kier alpha value is -3.50. The molecule has 0 radical (unpaired) electrons. The Morgan fingerprint density at radius 3 is 2.54 bits per heavy atom. The standard InChI is InChI=1S/C25H25FN2O6S/c1-25(2,3)34-22(30)15-32-18-10-9-17-11-20(33-14-16-7-5-4-6-8-16)24(23(26)19(17)12-18)28-13-21(29)27-35(28)31/h4-12H,13-15H2,1-3H3,(H,27,29). The second kappa shape index (κ2) is 10.0. The molecule has 8 nitrogen and oxygen atoms in total. The number of rotatable bonds is 7. The number of fused-ring (bicyclic) bond motifs is 1. The third-order valence-electron chi connectivity index (χ3n) is 4.94. The first-order chi connectivity index (χ1) is 16.6. The van der Waals surface area contributed by atoms with E-state index >= 15 is 4.39 Å². The van der Waals surface area contributed by atoms with Crippen molar-refractivity contribution in [1.82, 2.24) is 4.72 Å². The number of halogens is 1. The van der Waals surface area contributed by atoms with Crippen molar-refractivity contribution in [2.45, 2.75) is 33.0 Å². The minimum Gasteiger partial charge on any atom is -0.568 e. The van der Waals surface area contributed by atoms with Gasteiger partial charge in [0.2, 0.25) is 0 Å². The van der Waals surface area contributed by atoms with Crippen LogP contribution in [0.3, 0.4) is 0 Å². The molecule has 1 atom stereocenters. The van der Waals surface area contributed by atoms with Crippen LogP contribution in [0.5, 0.6) is 11.5 Å². The molecule has 0 aromatic heterocycles. The van der Waals surface area contributed by atoms with Crippen LogP contribution in [-0.4, -0.2) is 35.2 Å². The summed E-state index contributed by atoms with van der Waals surface area (Å²) in [7, 11) is 0. The maximum atomic E-state index is 15.9. The predicted octanol–water partition coefficient (Wildman–Crippen LogP) is 3.79. The average molecular weight is 501 g/mol. The summed E-state index contributed by atoms with van der Waals surface area (Å²) in [6.07, 6.45) is 0. The Morgan fingerprint density at radius 2 is 1.89 bits per heavy atom. The van der Waals surface area contributed by atoms with Gasteiger partial charge in [-0.25, -0.2) is 9.18 Å². The summed E-state index contributed by atoms with van der Waals surface area (Å²) in [5, 5.41) is 0.660. The van der Waals surface area contributed by atoms with Gasteiger partial charge in [0.25, 0.3) is 5.91 Å².